The minimum atomic E-state index is 0.794. The molecule has 0 saturated carbocycles. The van der Waals surface area contributed by atoms with Gasteiger partial charge in [-0.1, -0.05) is 35.1 Å². The molecule has 90 valence electrons. The second-order valence-corrected chi connectivity index (χ2v) is 5.45. The van der Waals surface area contributed by atoms with E-state index < -0.39 is 0 Å². The smallest absolute Gasteiger partial charge is 0.195 e. The lowest BCUT2D eigenvalue weighted by molar-refractivity contribution is 0.321. The Morgan fingerprint density at radius 2 is 2.17 bits per heavy atom. The predicted octanol–water partition coefficient (Wildman–Crippen LogP) is 3.36. The Morgan fingerprint density at radius 3 is 2.94 bits per heavy atom. The summed E-state index contributed by atoms with van der Waals surface area (Å²) in [7, 11) is 0. The Kier molecular flexibility index (Phi) is 3.04. The van der Waals surface area contributed by atoms with Crippen LogP contribution < -0.4 is 0 Å². The van der Waals surface area contributed by atoms with Crippen LogP contribution in [0.25, 0.3) is 4.96 Å². The van der Waals surface area contributed by atoms with Crippen LogP contribution in [0.15, 0.2) is 57.0 Å². The quantitative estimate of drug-likeness (QED) is 0.453. The first-order chi connectivity index (χ1) is 8.88. The molecule has 3 rings (SSSR count). The molecular weight excluding hydrogens is 266 g/mol. The molecule has 0 aliphatic rings. The van der Waals surface area contributed by atoms with E-state index in [9.17, 15) is 0 Å². The summed E-state index contributed by atoms with van der Waals surface area (Å²) in [5.41, 5.74) is 0.794. The summed E-state index contributed by atoms with van der Waals surface area (Å²) in [5, 5.41) is 14.7. The Balaban J connectivity index is 2.05. The molecule has 0 amide bonds. The van der Waals surface area contributed by atoms with Gasteiger partial charge in [-0.25, -0.2) is 4.98 Å². The number of imidazole rings is 1. The van der Waals surface area contributed by atoms with Gasteiger partial charge in [0.15, 0.2) is 4.96 Å². The molecule has 0 atom stereocenters. The van der Waals surface area contributed by atoms with Gasteiger partial charge >= 0.3 is 0 Å². The third-order valence-electron chi connectivity index (χ3n) is 2.40. The molecule has 0 fully saturated rings. The molecular formula is C12H9N3OS2. The Bertz CT molecular complexity index is 688. The van der Waals surface area contributed by atoms with E-state index in [1.807, 2.05) is 46.3 Å². The highest BCUT2D eigenvalue weighted by Crippen LogP contribution is 2.30. The first kappa shape index (κ1) is 11.3. The predicted molar refractivity (Wildman–Crippen MR) is 73.0 cm³/mol. The van der Waals surface area contributed by atoms with Gasteiger partial charge in [-0.3, -0.25) is 4.40 Å². The van der Waals surface area contributed by atoms with Crippen LogP contribution in [0.4, 0.5) is 0 Å². The van der Waals surface area contributed by atoms with Crippen LogP contribution >= 0.6 is 23.1 Å². The molecule has 3 aromatic rings. The van der Waals surface area contributed by atoms with E-state index in [0.717, 1.165) is 20.6 Å². The SMILES string of the molecule is ON=Cc1c(Sc2ccccc2)nc2sccn12. The lowest BCUT2D eigenvalue weighted by Gasteiger charge is -1.98. The molecule has 18 heavy (non-hydrogen) atoms. The van der Waals surface area contributed by atoms with Gasteiger partial charge < -0.3 is 5.21 Å². The van der Waals surface area contributed by atoms with Crippen molar-refractivity contribution in [2.24, 2.45) is 5.16 Å². The van der Waals surface area contributed by atoms with E-state index in [4.69, 9.17) is 5.21 Å². The number of nitrogens with zero attached hydrogens (tertiary/aromatic N) is 3. The van der Waals surface area contributed by atoms with Crippen molar-refractivity contribution < 1.29 is 5.21 Å². The highest BCUT2D eigenvalue weighted by atomic mass is 32.2. The Morgan fingerprint density at radius 1 is 1.33 bits per heavy atom. The van der Waals surface area contributed by atoms with Gasteiger partial charge in [0.05, 0.1) is 6.21 Å². The van der Waals surface area contributed by atoms with Crippen molar-refractivity contribution in [3.05, 3.63) is 47.6 Å². The van der Waals surface area contributed by atoms with Crippen molar-refractivity contribution in [2.45, 2.75) is 9.92 Å². The molecule has 4 nitrogen and oxygen atoms in total. The zero-order valence-corrected chi connectivity index (χ0v) is 10.9. The highest BCUT2D eigenvalue weighted by Gasteiger charge is 2.12. The lowest BCUT2D eigenvalue weighted by atomic mass is 10.4. The maximum absolute atomic E-state index is 8.75. The van der Waals surface area contributed by atoms with E-state index >= 15 is 0 Å². The summed E-state index contributed by atoms with van der Waals surface area (Å²) in [4.78, 5) is 6.53. The highest BCUT2D eigenvalue weighted by molar-refractivity contribution is 7.99. The van der Waals surface area contributed by atoms with Crippen molar-refractivity contribution >= 4 is 34.3 Å². The third kappa shape index (κ3) is 2.00. The van der Waals surface area contributed by atoms with Crippen molar-refractivity contribution in [3.63, 3.8) is 0 Å². The lowest BCUT2D eigenvalue weighted by Crippen LogP contribution is -1.89. The van der Waals surface area contributed by atoms with E-state index in [1.54, 1.807) is 23.1 Å². The zero-order valence-electron chi connectivity index (χ0n) is 9.22. The normalized spacial score (nSPS) is 11.6. The van der Waals surface area contributed by atoms with Gasteiger partial charge in [-0.15, -0.1) is 11.3 Å². The maximum atomic E-state index is 8.75. The number of oxime groups is 1. The number of benzene rings is 1. The zero-order chi connectivity index (χ0) is 12.4. The monoisotopic (exact) mass is 275 g/mol. The van der Waals surface area contributed by atoms with Crippen molar-refractivity contribution in [2.75, 3.05) is 0 Å². The van der Waals surface area contributed by atoms with E-state index in [1.165, 1.54) is 6.21 Å². The first-order valence-corrected chi connectivity index (χ1v) is 6.94. The molecule has 1 N–H and O–H groups in total. The van der Waals surface area contributed by atoms with Crippen LogP contribution in [0.2, 0.25) is 0 Å². The van der Waals surface area contributed by atoms with Gasteiger partial charge in [0.25, 0.3) is 0 Å². The minimum Gasteiger partial charge on any atom is -0.411 e. The first-order valence-electron chi connectivity index (χ1n) is 5.24. The molecule has 0 aliphatic carbocycles. The van der Waals surface area contributed by atoms with Gasteiger partial charge in [0.2, 0.25) is 0 Å². The molecule has 0 saturated heterocycles. The summed E-state index contributed by atoms with van der Waals surface area (Å²) >= 11 is 3.11. The van der Waals surface area contributed by atoms with Crippen LogP contribution in [0.1, 0.15) is 5.69 Å². The standard InChI is InChI=1S/C12H9N3OS2/c16-13-8-10-11(14-12-15(10)6-7-17-12)18-9-4-2-1-3-5-9/h1-8,16H. The molecule has 1 aromatic carbocycles. The molecule has 0 aliphatic heterocycles. The van der Waals surface area contributed by atoms with E-state index in [2.05, 4.69) is 10.1 Å². The minimum absolute atomic E-state index is 0.794. The number of aromatic nitrogens is 2. The van der Waals surface area contributed by atoms with E-state index in [-0.39, 0.29) is 0 Å². The molecule has 0 bridgehead atoms. The average molecular weight is 275 g/mol. The second-order valence-electron chi connectivity index (χ2n) is 3.52. The molecule has 0 unspecified atom stereocenters. The summed E-state index contributed by atoms with van der Waals surface area (Å²) < 4.78 is 1.91. The van der Waals surface area contributed by atoms with Gasteiger partial charge in [-0.05, 0) is 12.1 Å². The van der Waals surface area contributed by atoms with E-state index in [0.29, 0.717) is 0 Å². The average Bonchev–Trinajstić information content (AvgIpc) is 2.95. The number of fused-ring (bicyclic) bond motifs is 1. The van der Waals surface area contributed by atoms with Crippen LogP contribution in [-0.2, 0) is 0 Å². The fourth-order valence-electron chi connectivity index (χ4n) is 1.63. The largest absolute Gasteiger partial charge is 0.411 e. The maximum Gasteiger partial charge on any atom is 0.195 e. The second kappa shape index (κ2) is 4.83. The molecule has 2 aromatic heterocycles. The molecule has 6 heteroatoms. The van der Waals surface area contributed by atoms with Crippen molar-refractivity contribution in [3.8, 4) is 0 Å². The molecule has 0 spiro atoms. The topological polar surface area (TPSA) is 49.9 Å². The number of hydrogen-bond acceptors (Lipinski definition) is 5. The summed E-state index contributed by atoms with van der Waals surface area (Å²) in [5.74, 6) is 0. The number of thiazole rings is 1. The number of rotatable bonds is 3. The van der Waals surface area contributed by atoms with Crippen LogP contribution in [0.3, 0.4) is 0 Å². The third-order valence-corrected chi connectivity index (χ3v) is 4.16. The Hall–Kier alpha value is -1.79. The van der Waals surface area contributed by atoms with Crippen molar-refractivity contribution in [1.82, 2.24) is 9.38 Å². The molecule has 0 radical (unpaired) electrons. The Labute approximate surface area is 112 Å². The number of hydrogen-bond donors (Lipinski definition) is 1. The van der Waals surface area contributed by atoms with Crippen LogP contribution in [0, 0.1) is 0 Å². The fourth-order valence-corrected chi connectivity index (χ4v) is 3.31. The summed E-state index contributed by atoms with van der Waals surface area (Å²) in [6, 6.07) is 10.0. The van der Waals surface area contributed by atoms with Gasteiger partial charge in [0, 0.05) is 16.5 Å². The van der Waals surface area contributed by atoms with Crippen LogP contribution in [0.5, 0.6) is 0 Å². The summed E-state index contributed by atoms with van der Waals surface area (Å²) in [6.07, 6.45) is 3.33. The fraction of sp³-hybridized carbons (Fsp3) is 0. The van der Waals surface area contributed by atoms with Gasteiger partial charge in [0.1, 0.15) is 10.7 Å². The van der Waals surface area contributed by atoms with Gasteiger partial charge in [-0.2, -0.15) is 0 Å². The molecule has 2 heterocycles. The summed E-state index contributed by atoms with van der Waals surface area (Å²) in [6.45, 7) is 0. The van der Waals surface area contributed by atoms with Crippen molar-refractivity contribution in [1.29, 1.82) is 0 Å². The van der Waals surface area contributed by atoms with Crippen LogP contribution in [-0.4, -0.2) is 20.8 Å².